The van der Waals surface area contributed by atoms with Crippen LogP contribution >= 0.6 is 23.1 Å². The average molecular weight is 380 g/mol. The number of imidazole rings is 1. The van der Waals surface area contributed by atoms with Crippen molar-refractivity contribution in [2.45, 2.75) is 5.75 Å². The van der Waals surface area contributed by atoms with Crippen molar-refractivity contribution in [2.24, 2.45) is 0 Å². The number of nitrogens with zero attached hydrogens (tertiary/aromatic N) is 2. The maximum atomic E-state index is 12.2. The van der Waals surface area contributed by atoms with Gasteiger partial charge in [-0.1, -0.05) is 24.3 Å². The zero-order valence-corrected chi connectivity index (χ0v) is 15.4. The molecule has 5 nitrogen and oxygen atoms in total. The number of carbonyl (C=O) groups is 1. The maximum Gasteiger partial charge on any atom is 0.234 e. The van der Waals surface area contributed by atoms with Crippen molar-refractivity contribution in [3.05, 3.63) is 65.9 Å². The zero-order valence-electron chi connectivity index (χ0n) is 13.8. The SMILES string of the molecule is O=C(CSCc1nc2ccccc2s1)Nc1cccc(-c2ncc[nH]2)c1. The van der Waals surface area contributed by atoms with E-state index in [2.05, 4.69) is 26.3 Å². The van der Waals surface area contributed by atoms with E-state index in [1.807, 2.05) is 42.5 Å². The lowest BCUT2D eigenvalue weighted by Crippen LogP contribution is -2.14. The molecule has 0 radical (unpaired) electrons. The number of hydrogen-bond acceptors (Lipinski definition) is 5. The molecule has 0 aliphatic rings. The second kappa shape index (κ2) is 7.72. The molecule has 7 heteroatoms. The van der Waals surface area contributed by atoms with E-state index >= 15 is 0 Å². The summed E-state index contributed by atoms with van der Waals surface area (Å²) in [6.07, 6.45) is 3.48. The molecule has 0 unspecified atom stereocenters. The van der Waals surface area contributed by atoms with Gasteiger partial charge in [0, 0.05) is 29.4 Å². The lowest BCUT2D eigenvalue weighted by Gasteiger charge is -2.06. The quantitative estimate of drug-likeness (QED) is 0.514. The van der Waals surface area contributed by atoms with Gasteiger partial charge in [0.2, 0.25) is 5.91 Å². The van der Waals surface area contributed by atoms with E-state index in [9.17, 15) is 4.79 Å². The molecule has 0 saturated carbocycles. The molecule has 0 fully saturated rings. The van der Waals surface area contributed by atoms with Crippen LogP contribution in [-0.4, -0.2) is 26.6 Å². The van der Waals surface area contributed by atoms with Crippen LogP contribution in [0.3, 0.4) is 0 Å². The first-order valence-electron chi connectivity index (χ1n) is 8.10. The number of hydrogen-bond donors (Lipinski definition) is 2. The molecule has 0 aliphatic carbocycles. The Bertz CT molecular complexity index is 994. The highest BCUT2D eigenvalue weighted by atomic mass is 32.2. The van der Waals surface area contributed by atoms with Gasteiger partial charge in [0.1, 0.15) is 10.8 Å². The molecule has 0 aliphatic heterocycles. The molecule has 1 amide bonds. The third kappa shape index (κ3) is 3.95. The van der Waals surface area contributed by atoms with E-state index in [1.54, 1.807) is 35.5 Å². The standard InChI is InChI=1S/C19H16N4OS2/c24-17(11-25-12-18-23-15-6-1-2-7-16(15)26-18)22-14-5-3-4-13(10-14)19-20-8-9-21-19/h1-10H,11-12H2,(H,20,21)(H,22,24). The van der Waals surface area contributed by atoms with Gasteiger partial charge in [0.05, 0.1) is 16.0 Å². The van der Waals surface area contributed by atoms with Crippen LogP contribution in [0.2, 0.25) is 0 Å². The van der Waals surface area contributed by atoms with Crippen molar-refractivity contribution in [3.63, 3.8) is 0 Å². The number of nitrogens with one attached hydrogen (secondary N) is 2. The lowest BCUT2D eigenvalue weighted by molar-refractivity contribution is -0.113. The maximum absolute atomic E-state index is 12.2. The molecule has 0 saturated heterocycles. The number of fused-ring (bicyclic) bond motifs is 1. The normalized spacial score (nSPS) is 10.9. The number of thiazole rings is 1. The van der Waals surface area contributed by atoms with Gasteiger partial charge in [0.25, 0.3) is 0 Å². The molecular formula is C19H16N4OS2. The Balaban J connectivity index is 1.32. The molecule has 4 rings (SSSR count). The summed E-state index contributed by atoms with van der Waals surface area (Å²) in [5, 5.41) is 3.98. The summed E-state index contributed by atoms with van der Waals surface area (Å²) < 4.78 is 1.18. The van der Waals surface area contributed by atoms with Crippen LogP contribution in [0.25, 0.3) is 21.6 Å². The minimum Gasteiger partial charge on any atom is -0.345 e. The van der Waals surface area contributed by atoms with E-state index in [0.29, 0.717) is 5.75 Å². The topological polar surface area (TPSA) is 70.7 Å². The van der Waals surface area contributed by atoms with Gasteiger partial charge in [-0.25, -0.2) is 9.97 Å². The highest BCUT2D eigenvalue weighted by Crippen LogP contribution is 2.25. The Hall–Kier alpha value is -2.64. The number of rotatable bonds is 6. The summed E-state index contributed by atoms with van der Waals surface area (Å²) in [4.78, 5) is 24.1. The minimum atomic E-state index is -0.0206. The van der Waals surface area contributed by atoms with Crippen LogP contribution in [0.4, 0.5) is 5.69 Å². The third-order valence-corrected chi connectivity index (χ3v) is 5.88. The van der Waals surface area contributed by atoms with Gasteiger partial charge in [-0.15, -0.1) is 23.1 Å². The second-order valence-electron chi connectivity index (χ2n) is 5.63. The Labute approximate surface area is 158 Å². The molecule has 130 valence electrons. The highest BCUT2D eigenvalue weighted by molar-refractivity contribution is 7.99. The summed E-state index contributed by atoms with van der Waals surface area (Å²) in [5.74, 6) is 1.89. The number of para-hydroxylation sites is 1. The summed E-state index contributed by atoms with van der Waals surface area (Å²) in [5.41, 5.74) is 2.73. The monoisotopic (exact) mass is 380 g/mol. The molecule has 2 aromatic heterocycles. The minimum absolute atomic E-state index is 0.0206. The number of aromatic amines is 1. The fourth-order valence-corrected chi connectivity index (χ4v) is 4.42. The predicted octanol–water partition coefficient (Wildman–Crippen LogP) is 4.56. The van der Waals surface area contributed by atoms with Gasteiger partial charge in [0.15, 0.2) is 0 Å². The zero-order chi connectivity index (χ0) is 17.8. The summed E-state index contributed by atoms with van der Waals surface area (Å²) >= 11 is 3.25. The molecular weight excluding hydrogens is 364 g/mol. The van der Waals surface area contributed by atoms with Crippen LogP contribution in [0.5, 0.6) is 0 Å². The fraction of sp³-hybridized carbons (Fsp3) is 0.105. The van der Waals surface area contributed by atoms with Crippen LogP contribution in [0.15, 0.2) is 60.9 Å². The van der Waals surface area contributed by atoms with Crippen molar-refractivity contribution in [1.82, 2.24) is 15.0 Å². The van der Waals surface area contributed by atoms with Gasteiger partial charge >= 0.3 is 0 Å². The first-order valence-corrected chi connectivity index (χ1v) is 10.1. The number of H-pyrrole nitrogens is 1. The van der Waals surface area contributed by atoms with Crippen molar-refractivity contribution in [2.75, 3.05) is 11.1 Å². The number of aromatic nitrogens is 3. The van der Waals surface area contributed by atoms with Crippen LogP contribution in [-0.2, 0) is 10.5 Å². The van der Waals surface area contributed by atoms with Crippen molar-refractivity contribution in [3.8, 4) is 11.4 Å². The van der Waals surface area contributed by atoms with E-state index < -0.39 is 0 Å². The van der Waals surface area contributed by atoms with Gasteiger partial charge in [-0.2, -0.15) is 0 Å². The second-order valence-corrected chi connectivity index (χ2v) is 7.74. The van der Waals surface area contributed by atoms with Gasteiger partial charge < -0.3 is 10.3 Å². The fourth-order valence-electron chi connectivity index (χ4n) is 2.58. The largest absolute Gasteiger partial charge is 0.345 e. The molecule has 4 aromatic rings. The van der Waals surface area contributed by atoms with Crippen LogP contribution < -0.4 is 5.32 Å². The van der Waals surface area contributed by atoms with E-state index in [4.69, 9.17) is 0 Å². The lowest BCUT2D eigenvalue weighted by atomic mass is 10.2. The van der Waals surface area contributed by atoms with Crippen LogP contribution in [0, 0.1) is 0 Å². The third-order valence-electron chi connectivity index (χ3n) is 3.71. The Morgan fingerprint density at radius 3 is 2.96 bits per heavy atom. The molecule has 2 heterocycles. The number of anilines is 1. The molecule has 0 bridgehead atoms. The Morgan fingerprint density at radius 1 is 1.19 bits per heavy atom. The van der Waals surface area contributed by atoms with Gasteiger partial charge in [-0.05, 0) is 24.3 Å². The van der Waals surface area contributed by atoms with Crippen LogP contribution in [0.1, 0.15) is 5.01 Å². The molecule has 2 aromatic carbocycles. The summed E-state index contributed by atoms with van der Waals surface area (Å²) in [6, 6.07) is 15.7. The van der Waals surface area contributed by atoms with Gasteiger partial charge in [-0.3, -0.25) is 4.79 Å². The van der Waals surface area contributed by atoms with Crippen molar-refractivity contribution in [1.29, 1.82) is 0 Å². The van der Waals surface area contributed by atoms with Crippen molar-refractivity contribution < 1.29 is 4.79 Å². The number of amides is 1. The first kappa shape index (κ1) is 16.8. The molecule has 26 heavy (non-hydrogen) atoms. The highest BCUT2D eigenvalue weighted by Gasteiger charge is 2.07. The van der Waals surface area contributed by atoms with E-state index in [-0.39, 0.29) is 5.91 Å². The number of thioether (sulfide) groups is 1. The molecule has 0 atom stereocenters. The number of benzene rings is 2. The average Bonchev–Trinajstić information content (AvgIpc) is 3.31. The first-order chi connectivity index (χ1) is 12.8. The molecule has 0 spiro atoms. The van der Waals surface area contributed by atoms with Crippen molar-refractivity contribution >= 4 is 44.9 Å². The smallest absolute Gasteiger partial charge is 0.234 e. The number of carbonyl (C=O) groups excluding carboxylic acids is 1. The van der Waals surface area contributed by atoms with E-state index in [1.165, 1.54) is 4.70 Å². The van der Waals surface area contributed by atoms with E-state index in [0.717, 1.165) is 33.4 Å². The molecule has 2 N–H and O–H groups in total. The summed E-state index contributed by atoms with van der Waals surface area (Å²) in [6.45, 7) is 0. The Morgan fingerprint density at radius 2 is 2.12 bits per heavy atom. The summed E-state index contributed by atoms with van der Waals surface area (Å²) in [7, 11) is 0. The predicted molar refractivity (Wildman–Crippen MR) is 108 cm³/mol. The Kier molecular flexibility index (Phi) is 4.99.